The fourth-order valence-corrected chi connectivity index (χ4v) is 1.14. The molecule has 6 nitrogen and oxygen atoms in total. The molecule has 0 radical (unpaired) electrons. The quantitative estimate of drug-likeness (QED) is 0.779. The summed E-state index contributed by atoms with van der Waals surface area (Å²) in [5.74, 6) is -0.0734. The highest BCUT2D eigenvalue weighted by Crippen LogP contribution is 2.20. The molecule has 3 N–H and O–H groups in total. The molecular weight excluding hydrogens is 210 g/mol. The summed E-state index contributed by atoms with van der Waals surface area (Å²) in [5.41, 5.74) is 5.84. The minimum Gasteiger partial charge on any atom is -0.467 e. The molecule has 0 bridgehead atoms. The first-order valence-electron chi connectivity index (χ1n) is 4.94. The highest BCUT2D eigenvalue weighted by atomic mass is 16.6. The smallest absolute Gasteiger partial charge is 0.314 e. The number of nitrogens with zero attached hydrogens (tertiary/aromatic N) is 1. The minimum atomic E-state index is -0.476. The van der Waals surface area contributed by atoms with Crippen molar-refractivity contribution in [2.24, 2.45) is 5.73 Å². The Hall–Kier alpha value is -1.56. The number of aromatic nitrogens is 1. The lowest BCUT2D eigenvalue weighted by Crippen LogP contribution is -2.49. The number of nitrogens with two attached hydrogens (primary N) is 1. The van der Waals surface area contributed by atoms with Gasteiger partial charge >= 0.3 is 5.95 Å². The van der Waals surface area contributed by atoms with Gasteiger partial charge in [0.15, 0.2) is 5.69 Å². The number of carbonyl (C=O) groups is 1. The molecule has 0 aliphatic rings. The van der Waals surface area contributed by atoms with E-state index in [1.807, 2.05) is 13.8 Å². The number of hydrogen-bond acceptors (Lipinski definition) is 5. The van der Waals surface area contributed by atoms with Gasteiger partial charge in [0, 0.05) is 12.1 Å². The SMILES string of the molecule is COc1onc(C(=O)NC(C)(C)CN)c1C. The van der Waals surface area contributed by atoms with Crippen molar-refractivity contribution in [1.82, 2.24) is 10.5 Å². The van der Waals surface area contributed by atoms with Crippen molar-refractivity contribution in [1.29, 1.82) is 0 Å². The molecule has 0 atom stereocenters. The Morgan fingerprint density at radius 2 is 2.25 bits per heavy atom. The monoisotopic (exact) mass is 227 g/mol. The summed E-state index contributed by atoms with van der Waals surface area (Å²) in [5, 5.41) is 6.41. The van der Waals surface area contributed by atoms with Crippen molar-refractivity contribution in [3.8, 4) is 5.95 Å². The molecule has 0 aliphatic carbocycles. The third kappa shape index (κ3) is 2.52. The van der Waals surface area contributed by atoms with Crippen LogP contribution in [0, 0.1) is 6.92 Å². The maximum absolute atomic E-state index is 11.8. The highest BCUT2D eigenvalue weighted by Gasteiger charge is 2.24. The van der Waals surface area contributed by atoms with Crippen molar-refractivity contribution in [2.75, 3.05) is 13.7 Å². The Kier molecular flexibility index (Phi) is 3.54. The molecule has 1 heterocycles. The molecule has 1 aromatic rings. The van der Waals surface area contributed by atoms with E-state index in [-0.39, 0.29) is 17.5 Å². The van der Waals surface area contributed by atoms with E-state index < -0.39 is 5.54 Å². The zero-order valence-electron chi connectivity index (χ0n) is 9.96. The average molecular weight is 227 g/mol. The highest BCUT2D eigenvalue weighted by molar-refractivity contribution is 5.94. The zero-order chi connectivity index (χ0) is 12.3. The van der Waals surface area contributed by atoms with Gasteiger partial charge in [-0.3, -0.25) is 4.79 Å². The van der Waals surface area contributed by atoms with E-state index in [4.69, 9.17) is 15.0 Å². The number of ether oxygens (including phenoxy) is 1. The molecule has 0 saturated heterocycles. The normalized spacial score (nSPS) is 11.3. The number of rotatable bonds is 4. The molecule has 1 amide bonds. The summed E-state index contributed by atoms with van der Waals surface area (Å²) in [6.45, 7) is 5.71. The van der Waals surface area contributed by atoms with Crippen molar-refractivity contribution < 1.29 is 14.1 Å². The molecule has 16 heavy (non-hydrogen) atoms. The molecule has 90 valence electrons. The summed E-state index contributed by atoms with van der Waals surface area (Å²) < 4.78 is 9.75. The summed E-state index contributed by atoms with van der Waals surface area (Å²) >= 11 is 0. The largest absolute Gasteiger partial charge is 0.467 e. The maximum atomic E-state index is 11.8. The van der Waals surface area contributed by atoms with Crippen LogP contribution >= 0.6 is 0 Å². The van der Waals surface area contributed by atoms with Crippen LogP contribution in [0.3, 0.4) is 0 Å². The van der Waals surface area contributed by atoms with Crippen LogP contribution in [0.25, 0.3) is 0 Å². The summed E-state index contributed by atoms with van der Waals surface area (Å²) in [4.78, 5) is 11.8. The summed E-state index contributed by atoms with van der Waals surface area (Å²) in [7, 11) is 1.46. The van der Waals surface area contributed by atoms with E-state index in [1.165, 1.54) is 7.11 Å². The van der Waals surface area contributed by atoms with Gasteiger partial charge in [0.2, 0.25) is 0 Å². The molecular formula is C10H17N3O3. The third-order valence-corrected chi connectivity index (χ3v) is 2.24. The van der Waals surface area contributed by atoms with Crippen molar-refractivity contribution >= 4 is 5.91 Å². The van der Waals surface area contributed by atoms with E-state index >= 15 is 0 Å². The molecule has 0 unspecified atom stereocenters. The topological polar surface area (TPSA) is 90.4 Å². The van der Waals surface area contributed by atoms with Gasteiger partial charge in [-0.05, 0) is 20.8 Å². The van der Waals surface area contributed by atoms with E-state index in [0.717, 1.165) is 0 Å². The van der Waals surface area contributed by atoms with E-state index in [9.17, 15) is 4.79 Å². The molecule has 1 aromatic heterocycles. The van der Waals surface area contributed by atoms with Gasteiger partial charge in [0.25, 0.3) is 5.91 Å². The lowest BCUT2D eigenvalue weighted by Gasteiger charge is -2.23. The first kappa shape index (κ1) is 12.5. The molecule has 0 saturated carbocycles. The predicted molar refractivity (Wildman–Crippen MR) is 58.4 cm³/mol. The number of nitrogens with one attached hydrogen (secondary N) is 1. The molecule has 0 spiro atoms. The fraction of sp³-hybridized carbons (Fsp3) is 0.600. The molecule has 1 rings (SSSR count). The zero-order valence-corrected chi connectivity index (χ0v) is 9.96. The van der Waals surface area contributed by atoms with E-state index in [1.54, 1.807) is 6.92 Å². The van der Waals surface area contributed by atoms with Gasteiger partial charge in [0.1, 0.15) is 0 Å². The van der Waals surface area contributed by atoms with Gasteiger partial charge in [-0.2, -0.15) is 0 Å². The number of methoxy groups -OCH3 is 1. The first-order chi connectivity index (χ1) is 7.41. The number of hydrogen-bond donors (Lipinski definition) is 2. The van der Waals surface area contributed by atoms with E-state index in [2.05, 4.69) is 10.5 Å². The number of carbonyl (C=O) groups excluding carboxylic acids is 1. The van der Waals surface area contributed by atoms with Crippen molar-refractivity contribution in [3.63, 3.8) is 0 Å². The molecule has 0 fully saturated rings. The van der Waals surface area contributed by atoms with E-state index in [0.29, 0.717) is 12.1 Å². The van der Waals surface area contributed by atoms with Gasteiger partial charge < -0.3 is 20.3 Å². The van der Waals surface area contributed by atoms with Gasteiger partial charge in [-0.1, -0.05) is 5.16 Å². The minimum absolute atomic E-state index is 0.221. The Morgan fingerprint density at radius 3 is 2.69 bits per heavy atom. The molecule has 0 aromatic carbocycles. The van der Waals surface area contributed by atoms with Gasteiger partial charge in [0.05, 0.1) is 12.7 Å². The second-order valence-electron chi connectivity index (χ2n) is 4.19. The summed E-state index contributed by atoms with van der Waals surface area (Å²) in [6, 6.07) is 0. The Bertz CT molecular complexity index is 385. The number of amides is 1. The Balaban J connectivity index is 2.85. The van der Waals surface area contributed by atoms with Crippen LogP contribution in [0.4, 0.5) is 0 Å². The predicted octanol–water partition coefficient (Wildman–Crippen LogP) is 0.459. The van der Waals surface area contributed by atoms with Crippen LogP contribution in [0.15, 0.2) is 4.52 Å². The first-order valence-corrected chi connectivity index (χ1v) is 4.94. The second-order valence-corrected chi connectivity index (χ2v) is 4.19. The Labute approximate surface area is 94.1 Å². The van der Waals surface area contributed by atoms with Gasteiger partial charge in [-0.25, -0.2) is 0 Å². The fourth-order valence-electron chi connectivity index (χ4n) is 1.14. The van der Waals surface area contributed by atoms with Crippen molar-refractivity contribution in [2.45, 2.75) is 26.3 Å². The lowest BCUT2D eigenvalue weighted by atomic mass is 10.1. The molecule has 0 aliphatic heterocycles. The third-order valence-electron chi connectivity index (χ3n) is 2.24. The van der Waals surface area contributed by atoms with Crippen LogP contribution in [-0.2, 0) is 0 Å². The average Bonchev–Trinajstić information content (AvgIpc) is 2.59. The van der Waals surface area contributed by atoms with Crippen LogP contribution in [0.5, 0.6) is 5.95 Å². The van der Waals surface area contributed by atoms with Crippen LogP contribution < -0.4 is 15.8 Å². The summed E-state index contributed by atoms with van der Waals surface area (Å²) in [6.07, 6.45) is 0. The maximum Gasteiger partial charge on any atom is 0.314 e. The van der Waals surface area contributed by atoms with Crippen molar-refractivity contribution in [3.05, 3.63) is 11.3 Å². The van der Waals surface area contributed by atoms with Crippen LogP contribution in [-0.4, -0.2) is 30.3 Å². The molecule has 6 heteroatoms. The second kappa shape index (κ2) is 4.52. The van der Waals surface area contributed by atoms with Gasteiger partial charge in [-0.15, -0.1) is 0 Å². The Morgan fingerprint density at radius 1 is 1.62 bits per heavy atom. The van der Waals surface area contributed by atoms with Crippen LogP contribution in [0.1, 0.15) is 29.9 Å². The standard InChI is InChI=1S/C10H17N3O3/c1-6-7(13-16-9(6)15-4)8(14)12-10(2,3)5-11/h5,11H2,1-4H3,(H,12,14). The van der Waals surface area contributed by atoms with Crippen LogP contribution in [0.2, 0.25) is 0 Å². The lowest BCUT2D eigenvalue weighted by molar-refractivity contribution is 0.0905.